The molecular formula is C22H24F3N5O4. The van der Waals surface area contributed by atoms with Crippen LogP contribution in [0, 0.1) is 0 Å². The van der Waals surface area contributed by atoms with E-state index in [1.54, 1.807) is 12.2 Å². The molecule has 0 saturated carbocycles. The van der Waals surface area contributed by atoms with Crippen LogP contribution >= 0.6 is 0 Å². The highest BCUT2D eigenvalue weighted by molar-refractivity contribution is 5.93. The number of nitrogens with zero attached hydrogens (tertiary/aromatic N) is 3. The number of anilines is 3. The highest BCUT2D eigenvalue weighted by atomic mass is 19.4. The fraction of sp³-hybridized carbons (Fsp3) is 0.273. The molecule has 0 radical (unpaired) electrons. The average Bonchev–Trinajstić information content (AvgIpc) is 2.79. The highest BCUT2D eigenvalue weighted by Crippen LogP contribution is 2.27. The van der Waals surface area contributed by atoms with E-state index in [1.165, 1.54) is 31.4 Å². The van der Waals surface area contributed by atoms with Crippen LogP contribution in [-0.2, 0) is 4.74 Å². The maximum Gasteiger partial charge on any atom is 0.422 e. The molecule has 2 aromatic rings. The van der Waals surface area contributed by atoms with Gasteiger partial charge < -0.3 is 24.8 Å². The number of esters is 1. The number of halogens is 3. The van der Waals surface area contributed by atoms with E-state index in [2.05, 4.69) is 43.5 Å². The van der Waals surface area contributed by atoms with Crippen LogP contribution < -0.4 is 20.1 Å². The first kappa shape index (κ1) is 26.2. The Balaban J connectivity index is 2.34. The molecule has 0 atom stereocenters. The summed E-state index contributed by atoms with van der Waals surface area (Å²) in [4.78, 5) is 23.9. The molecule has 34 heavy (non-hydrogen) atoms. The Bertz CT molecular complexity index is 1060. The number of carbonyl (C=O) groups is 1. The Labute approximate surface area is 194 Å². The summed E-state index contributed by atoms with van der Waals surface area (Å²) in [6.07, 6.45) is 0.459. The van der Waals surface area contributed by atoms with Crippen molar-refractivity contribution in [3.05, 3.63) is 60.7 Å². The van der Waals surface area contributed by atoms with Crippen LogP contribution in [0.25, 0.3) is 0 Å². The molecular weight excluding hydrogens is 455 g/mol. The molecule has 0 spiro atoms. The maximum atomic E-state index is 12.6. The molecule has 0 bridgehead atoms. The number of nitrogens with one attached hydrogen (secondary N) is 2. The normalized spacial score (nSPS) is 11.1. The van der Waals surface area contributed by atoms with Crippen LogP contribution in [0.15, 0.2) is 55.2 Å². The first-order valence-electron chi connectivity index (χ1n) is 9.88. The number of carbonyl (C=O) groups excluding carboxylic acids is 1. The largest absolute Gasteiger partial charge is 0.489 e. The minimum atomic E-state index is -4.57. The average molecular weight is 479 g/mol. The number of alkyl halides is 3. The van der Waals surface area contributed by atoms with Crippen LogP contribution in [-0.4, -0.2) is 54.0 Å². The summed E-state index contributed by atoms with van der Waals surface area (Å²) in [6.45, 7) is 7.99. The molecule has 182 valence electrons. The van der Waals surface area contributed by atoms with E-state index < -0.39 is 24.8 Å². The summed E-state index contributed by atoms with van der Waals surface area (Å²) in [7, 11) is 1.23. The molecule has 1 aromatic heterocycles. The number of aromatic nitrogens is 3. The lowest BCUT2D eigenvalue weighted by atomic mass is 10.2. The standard InChI is InChI=1S/C22H24F3N5O4/c1-5-7-14(3)12-26-19-28-20(30-21(29-19)34-13-22(23,24)25)27-15-8-9-16(18(31)32-4)17(11-15)33-10-6-2/h5-9,11H,2-3,10,12-13H2,1,4H3,(H2,26,27,28,29,30)/b7-5-. The van der Waals surface area contributed by atoms with E-state index in [9.17, 15) is 18.0 Å². The van der Waals surface area contributed by atoms with Gasteiger partial charge in [-0.15, -0.1) is 0 Å². The van der Waals surface area contributed by atoms with Crippen molar-refractivity contribution in [1.29, 1.82) is 0 Å². The summed E-state index contributed by atoms with van der Waals surface area (Å²) < 4.78 is 52.7. The van der Waals surface area contributed by atoms with Crippen molar-refractivity contribution in [3.8, 4) is 11.8 Å². The van der Waals surface area contributed by atoms with Crippen LogP contribution in [0.4, 0.5) is 30.8 Å². The third-order valence-electron chi connectivity index (χ3n) is 3.86. The van der Waals surface area contributed by atoms with Gasteiger partial charge >= 0.3 is 18.2 Å². The first-order valence-corrected chi connectivity index (χ1v) is 9.88. The van der Waals surface area contributed by atoms with Gasteiger partial charge in [0.05, 0.1) is 7.11 Å². The van der Waals surface area contributed by atoms with Gasteiger partial charge in [0.15, 0.2) is 6.61 Å². The molecule has 9 nitrogen and oxygen atoms in total. The van der Waals surface area contributed by atoms with Crippen LogP contribution in [0.5, 0.6) is 11.8 Å². The Morgan fingerprint density at radius 1 is 1.18 bits per heavy atom. The SMILES string of the molecule is C=CCOc1cc(Nc2nc(NCC(=C)/C=C\C)nc(OCC(F)(F)F)n2)ccc1C(=O)OC. The van der Waals surface area contributed by atoms with Gasteiger partial charge in [-0.3, -0.25) is 0 Å². The van der Waals surface area contributed by atoms with Gasteiger partial charge in [0.1, 0.15) is 17.9 Å². The minimum Gasteiger partial charge on any atom is -0.489 e. The van der Waals surface area contributed by atoms with Gasteiger partial charge in [0, 0.05) is 18.3 Å². The number of allylic oxidation sites excluding steroid dienone is 1. The van der Waals surface area contributed by atoms with E-state index >= 15 is 0 Å². The summed E-state index contributed by atoms with van der Waals surface area (Å²) in [5.74, 6) is -0.553. The molecule has 0 aliphatic carbocycles. The van der Waals surface area contributed by atoms with Crippen molar-refractivity contribution in [2.45, 2.75) is 13.1 Å². The molecule has 0 aliphatic rings. The van der Waals surface area contributed by atoms with E-state index in [1.807, 2.05) is 6.92 Å². The molecule has 0 saturated heterocycles. The molecule has 1 aromatic carbocycles. The summed E-state index contributed by atoms with van der Waals surface area (Å²) in [6, 6.07) is 3.92. The zero-order valence-electron chi connectivity index (χ0n) is 18.6. The topological polar surface area (TPSA) is 107 Å². The van der Waals surface area contributed by atoms with Gasteiger partial charge in [-0.1, -0.05) is 31.4 Å². The number of rotatable bonds is 12. The fourth-order valence-electron chi connectivity index (χ4n) is 2.47. The number of benzene rings is 1. The fourth-order valence-corrected chi connectivity index (χ4v) is 2.47. The minimum absolute atomic E-state index is 0.0327. The first-order chi connectivity index (χ1) is 16.1. The van der Waals surface area contributed by atoms with Crippen LogP contribution in [0.2, 0.25) is 0 Å². The summed E-state index contributed by atoms with van der Waals surface area (Å²) >= 11 is 0. The third kappa shape index (κ3) is 8.45. The molecule has 1 heterocycles. The predicted molar refractivity (Wildman–Crippen MR) is 121 cm³/mol. The number of hydrogen-bond donors (Lipinski definition) is 2. The second kappa shape index (κ2) is 12.2. The molecule has 0 unspecified atom stereocenters. The van der Waals surface area contributed by atoms with Crippen molar-refractivity contribution < 1.29 is 32.2 Å². The summed E-state index contributed by atoms with van der Waals surface area (Å²) in [5, 5.41) is 5.69. The monoisotopic (exact) mass is 479 g/mol. The molecule has 12 heteroatoms. The highest BCUT2D eigenvalue weighted by Gasteiger charge is 2.29. The number of hydrogen-bond acceptors (Lipinski definition) is 9. The second-order valence-corrected chi connectivity index (χ2v) is 6.61. The quantitative estimate of drug-likeness (QED) is 0.259. The predicted octanol–water partition coefficient (Wildman–Crippen LogP) is 4.45. The number of methoxy groups -OCH3 is 1. The van der Waals surface area contributed by atoms with Gasteiger partial charge in [-0.25, -0.2) is 4.79 Å². The Hall–Kier alpha value is -4.09. The van der Waals surface area contributed by atoms with Crippen molar-refractivity contribution in [1.82, 2.24) is 15.0 Å². The lowest BCUT2D eigenvalue weighted by Gasteiger charge is -2.14. The smallest absolute Gasteiger partial charge is 0.422 e. The third-order valence-corrected chi connectivity index (χ3v) is 3.86. The van der Waals surface area contributed by atoms with Gasteiger partial charge in [-0.2, -0.15) is 28.1 Å². The molecule has 0 aliphatic heterocycles. The molecule has 0 amide bonds. The maximum absolute atomic E-state index is 12.6. The lowest BCUT2D eigenvalue weighted by molar-refractivity contribution is -0.154. The van der Waals surface area contributed by atoms with Gasteiger partial charge in [0.2, 0.25) is 11.9 Å². The Kier molecular flexibility index (Phi) is 9.41. The van der Waals surface area contributed by atoms with Crippen molar-refractivity contribution in [2.24, 2.45) is 0 Å². The second-order valence-electron chi connectivity index (χ2n) is 6.61. The van der Waals surface area contributed by atoms with Crippen molar-refractivity contribution in [2.75, 3.05) is 37.5 Å². The number of ether oxygens (including phenoxy) is 3. The van der Waals surface area contributed by atoms with Crippen molar-refractivity contribution in [3.63, 3.8) is 0 Å². The van der Waals surface area contributed by atoms with Gasteiger partial charge in [0.25, 0.3) is 0 Å². The van der Waals surface area contributed by atoms with Crippen LogP contribution in [0.1, 0.15) is 17.3 Å². The van der Waals surface area contributed by atoms with E-state index in [-0.39, 0.29) is 36.4 Å². The Morgan fingerprint density at radius 2 is 1.91 bits per heavy atom. The van der Waals surface area contributed by atoms with E-state index in [0.29, 0.717) is 11.3 Å². The summed E-state index contributed by atoms with van der Waals surface area (Å²) in [5.41, 5.74) is 1.24. The van der Waals surface area contributed by atoms with Gasteiger partial charge in [-0.05, 0) is 24.6 Å². The zero-order valence-corrected chi connectivity index (χ0v) is 18.6. The molecule has 2 N–H and O–H groups in total. The lowest BCUT2D eigenvalue weighted by Crippen LogP contribution is -2.21. The molecule has 0 fully saturated rings. The van der Waals surface area contributed by atoms with E-state index in [4.69, 9.17) is 9.47 Å². The van der Waals surface area contributed by atoms with E-state index in [0.717, 1.165) is 0 Å². The van der Waals surface area contributed by atoms with Crippen LogP contribution in [0.3, 0.4) is 0 Å². The Morgan fingerprint density at radius 3 is 2.56 bits per heavy atom. The van der Waals surface area contributed by atoms with Crippen molar-refractivity contribution >= 4 is 23.6 Å². The zero-order chi connectivity index (χ0) is 25.1. The molecule has 2 rings (SSSR count).